The molecule has 3 nitrogen and oxygen atoms in total. The van der Waals surface area contributed by atoms with Crippen molar-refractivity contribution in [2.75, 3.05) is 13.1 Å². The Morgan fingerprint density at radius 3 is 2.94 bits per heavy atom. The van der Waals surface area contributed by atoms with Crippen LogP contribution in [0.3, 0.4) is 0 Å². The molecule has 3 heteroatoms. The number of furan rings is 1. The molecule has 0 saturated heterocycles. The van der Waals surface area contributed by atoms with Crippen molar-refractivity contribution in [3.05, 3.63) is 36.1 Å². The topological polar surface area (TPSA) is 37.2 Å². The largest absolute Gasteiger partial charge is 0.464 e. The Labute approximate surface area is 101 Å². The number of nitrogens with one attached hydrogen (secondary N) is 2. The maximum atomic E-state index is 5.50. The number of fused-ring (bicyclic) bond motifs is 1. The average molecular weight is 230 g/mol. The Morgan fingerprint density at radius 2 is 2.06 bits per heavy atom. The smallest absolute Gasteiger partial charge is 0.134 e. The quantitative estimate of drug-likeness (QED) is 0.748. The predicted molar refractivity (Wildman–Crippen MR) is 68.9 cm³/mol. The van der Waals surface area contributed by atoms with E-state index in [0.717, 1.165) is 31.3 Å². The van der Waals surface area contributed by atoms with Crippen molar-refractivity contribution in [3.8, 4) is 0 Å². The van der Waals surface area contributed by atoms with Gasteiger partial charge in [0.05, 0.1) is 6.26 Å². The van der Waals surface area contributed by atoms with E-state index in [0.29, 0.717) is 0 Å². The Bertz CT molecular complexity index is 488. The summed E-state index contributed by atoms with van der Waals surface area (Å²) in [4.78, 5) is 0. The first kappa shape index (κ1) is 10.8. The first-order valence-electron chi connectivity index (χ1n) is 6.33. The zero-order valence-corrected chi connectivity index (χ0v) is 9.91. The Hall–Kier alpha value is -1.32. The lowest BCUT2D eigenvalue weighted by atomic mass is 10.2. The summed E-state index contributed by atoms with van der Waals surface area (Å²) in [5.74, 6) is 0. The minimum Gasteiger partial charge on any atom is -0.464 e. The van der Waals surface area contributed by atoms with Crippen LogP contribution in [-0.4, -0.2) is 19.1 Å². The van der Waals surface area contributed by atoms with Crippen LogP contribution in [0.15, 0.2) is 34.9 Å². The molecule has 0 aliphatic heterocycles. The molecule has 1 aliphatic carbocycles. The molecule has 1 heterocycles. The highest BCUT2D eigenvalue weighted by Crippen LogP contribution is 2.20. The summed E-state index contributed by atoms with van der Waals surface area (Å²) in [7, 11) is 0. The van der Waals surface area contributed by atoms with E-state index in [9.17, 15) is 0 Å². The van der Waals surface area contributed by atoms with Crippen molar-refractivity contribution in [3.63, 3.8) is 0 Å². The molecule has 0 spiro atoms. The minimum atomic E-state index is 0.798. The third-order valence-corrected chi connectivity index (χ3v) is 3.19. The first-order chi connectivity index (χ1) is 8.43. The highest BCUT2D eigenvalue weighted by molar-refractivity contribution is 5.80. The molecule has 17 heavy (non-hydrogen) atoms. The third-order valence-electron chi connectivity index (χ3n) is 3.19. The van der Waals surface area contributed by atoms with Gasteiger partial charge in [0.2, 0.25) is 0 Å². The van der Waals surface area contributed by atoms with Gasteiger partial charge in [0.1, 0.15) is 5.58 Å². The molecular formula is C14H18N2O. The number of para-hydroxylation sites is 1. The predicted octanol–water partition coefficient (Wildman–Crippen LogP) is 2.27. The van der Waals surface area contributed by atoms with E-state index in [1.165, 1.54) is 23.8 Å². The first-order valence-corrected chi connectivity index (χ1v) is 6.33. The second-order valence-electron chi connectivity index (χ2n) is 4.66. The second-order valence-corrected chi connectivity index (χ2v) is 4.66. The molecule has 2 aromatic rings. The highest BCUT2D eigenvalue weighted by atomic mass is 16.3. The van der Waals surface area contributed by atoms with Crippen LogP contribution >= 0.6 is 0 Å². The van der Waals surface area contributed by atoms with Crippen LogP contribution in [0.25, 0.3) is 11.0 Å². The van der Waals surface area contributed by atoms with Crippen LogP contribution in [0.5, 0.6) is 0 Å². The van der Waals surface area contributed by atoms with Crippen molar-refractivity contribution in [1.29, 1.82) is 0 Å². The fraction of sp³-hybridized carbons (Fsp3) is 0.429. The van der Waals surface area contributed by atoms with E-state index < -0.39 is 0 Å². The lowest BCUT2D eigenvalue weighted by Crippen LogP contribution is -2.28. The molecule has 0 radical (unpaired) electrons. The van der Waals surface area contributed by atoms with Crippen molar-refractivity contribution in [2.24, 2.45) is 0 Å². The van der Waals surface area contributed by atoms with Gasteiger partial charge in [0.25, 0.3) is 0 Å². The van der Waals surface area contributed by atoms with Crippen LogP contribution in [0, 0.1) is 0 Å². The summed E-state index contributed by atoms with van der Waals surface area (Å²) >= 11 is 0. The van der Waals surface area contributed by atoms with Gasteiger partial charge < -0.3 is 15.1 Å². The van der Waals surface area contributed by atoms with Crippen molar-refractivity contribution in [2.45, 2.75) is 25.4 Å². The van der Waals surface area contributed by atoms with Crippen molar-refractivity contribution in [1.82, 2.24) is 10.6 Å². The van der Waals surface area contributed by atoms with Crippen molar-refractivity contribution < 1.29 is 4.42 Å². The van der Waals surface area contributed by atoms with Gasteiger partial charge in [-0.25, -0.2) is 0 Å². The molecule has 1 aromatic heterocycles. The monoisotopic (exact) mass is 230 g/mol. The third kappa shape index (κ3) is 2.68. The van der Waals surface area contributed by atoms with Gasteiger partial charge >= 0.3 is 0 Å². The molecule has 0 amide bonds. The molecule has 0 bridgehead atoms. The maximum Gasteiger partial charge on any atom is 0.134 e. The Morgan fingerprint density at radius 1 is 1.18 bits per heavy atom. The Kier molecular flexibility index (Phi) is 3.12. The second kappa shape index (κ2) is 4.90. The molecule has 1 saturated carbocycles. The van der Waals surface area contributed by atoms with Gasteiger partial charge in [-0.1, -0.05) is 18.2 Å². The summed E-state index contributed by atoms with van der Waals surface area (Å²) in [5.41, 5.74) is 2.22. The SMILES string of the molecule is c1ccc2c(CNCCNC3CC3)coc2c1. The summed E-state index contributed by atoms with van der Waals surface area (Å²) in [6, 6.07) is 8.97. The minimum absolute atomic E-state index is 0.798. The van der Waals surface area contributed by atoms with E-state index in [1.807, 2.05) is 18.4 Å². The highest BCUT2D eigenvalue weighted by Gasteiger charge is 2.19. The van der Waals surface area contributed by atoms with Crippen LogP contribution in [-0.2, 0) is 6.54 Å². The lowest BCUT2D eigenvalue weighted by Gasteiger charge is -2.04. The zero-order valence-electron chi connectivity index (χ0n) is 9.91. The summed E-state index contributed by atoms with van der Waals surface area (Å²) in [6.45, 7) is 2.94. The van der Waals surface area contributed by atoms with E-state index in [4.69, 9.17) is 4.42 Å². The molecule has 90 valence electrons. The average Bonchev–Trinajstić information content (AvgIpc) is 3.09. The molecule has 2 N–H and O–H groups in total. The van der Waals surface area contributed by atoms with Crippen molar-refractivity contribution >= 4 is 11.0 Å². The van der Waals surface area contributed by atoms with Gasteiger partial charge in [-0.3, -0.25) is 0 Å². The zero-order chi connectivity index (χ0) is 11.5. The van der Waals surface area contributed by atoms with Gasteiger partial charge in [0, 0.05) is 36.6 Å². The molecular weight excluding hydrogens is 212 g/mol. The van der Waals surface area contributed by atoms with Gasteiger partial charge in [-0.05, 0) is 18.9 Å². The normalized spacial score (nSPS) is 15.5. The van der Waals surface area contributed by atoms with Crippen LogP contribution in [0.2, 0.25) is 0 Å². The molecule has 0 unspecified atom stereocenters. The number of hydrogen-bond acceptors (Lipinski definition) is 3. The molecule has 1 aromatic carbocycles. The van der Waals surface area contributed by atoms with E-state index in [1.54, 1.807) is 0 Å². The fourth-order valence-corrected chi connectivity index (χ4v) is 2.04. The van der Waals surface area contributed by atoms with Gasteiger partial charge in [-0.2, -0.15) is 0 Å². The van der Waals surface area contributed by atoms with E-state index in [-0.39, 0.29) is 0 Å². The lowest BCUT2D eigenvalue weighted by molar-refractivity contribution is 0.589. The molecule has 1 fully saturated rings. The number of benzene rings is 1. The maximum absolute atomic E-state index is 5.50. The van der Waals surface area contributed by atoms with E-state index in [2.05, 4.69) is 22.8 Å². The summed E-state index contributed by atoms with van der Waals surface area (Å²) in [6.07, 6.45) is 4.56. The number of rotatable bonds is 6. The van der Waals surface area contributed by atoms with E-state index >= 15 is 0 Å². The molecule has 1 aliphatic rings. The van der Waals surface area contributed by atoms with Crippen LogP contribution < -0.4 is 10.6 Å². The molecule has 3 rings (SSSR count). The van der Waals surface area contributed by atoms with Gasteiger partial charge in [0.15, 0.2) is 0 Å². The van der Waals surface area contributed by atoms with Gasteiger partial charge in [-0.15, -0.1) is 0 Å². The van der Waals surface area contributed by atoms with Crippen LogP contribution in [0.1, 0.15) is 18.4 Å². The number of hydrogen-bond donors (Lipinski definition) is 2. The Balaban J connectivity index is 1.50. The fourth-order valence-electron chi connectivity index (χ4n) is 2.04. The van der Waals surface area contributed by atoms with Crippen LogP contribution in [0.4, 0.5) is 0 Å². The summed E-state index contributed by atoms with van der Waals surface area (Å²) in [5, 5.41) is 8.15. The summed E-state index contributed by atoms with van der Waals surface area (Å²) < 4.78 is 5.50. The standard InChI is InChI=1S/C14H18N2O/c1-2-4-14-13(3-1)11(10-17-14)9-15-7-8-16-12-5-6-12/h1-4,10,12,15-16H,5-9H2. The molecule has 0 atom stereocenters.